The van der Waals surface area contributed by atoms with Gasteiger partial charge in [0.1, 0.15) is 0 Å². The Balaban J connectivity index is 0.00000449. The number of rotatable bonds is 9. The molecule has 1 amide bonds. The minimum absolute atomic E-state index is 0. The zero-order valence-corrected chi connectivity index (χ0v) is 32.1. The van der Waals surface area contributed by atoms with Gasteiger partial charge in [-0.3, -0.25) is 4.79 Å². The van der Waals surface area contributed by atoms with Crippen LogP contribution >= 0.6 is 0 Å². The van der Waals surface area contributed by atoms with Gasteiger partial charge in [-0.2, -0.15) is 0 Å². The predicted octanol–water partition coefficient (Wildman–Crippen LogP) is 5.08. The molecule has 4 aromatic carbocycles. The number of aromatic nitrogens is 10. The number of imidazole rings is 1. The number of unbranched alkanes of at least 4 members (excludes halogenated alkanes) is 1. The molecule has 16 heteroatoms. The standard InChI is InChI=1S/C43H34N11O4.Cu/c55-18-22-7-10-26-31(14-22)39-48-35(26)47-38-29-5-3-6-30(43(58)45-13-2-1-4-25-17-44-21-46-25)34(29)42(54-38)53-37-28-12-9-24(20-57)16-33(28)41(51-37)52-40-32-15-23(19-56)8-11-27(32)36(49-39)50-40;/h3,5-12,14-17,21,55-57H,1-2,4,13,18-20H2,(H3-,44,45,46,47,48,49,50,51,52,53,54,58);/q-1;+2/p-1. The van der Waals surface area contributed by atoms with Crippen molar-refractivity contribution in [2.75, 3.05) is 6.54 Å². The van der Waals surface area contributed by atoms with E-state index in [1.807, 2.05) is 48.7 Å². The van der Waals surface area contributed by atoms with Crippen molar-refractivity contribution in [3.05, 3.63) is 113 Å². The maximum atomic E-state index is 13.9. The van der Waals surface area contributed by atoms with Gasteiger partial charge in [-0.1, -0.05) is 48.5 Å². The third-order valence-electron chi connectivity index (χ3n) is 10.4. The van der Waals surface area contributed by atoms with Gasteiger partial charge in [0, 0.05) is 63.1 Å². The van der Waals surface area contributed by atoms with Crippen molar-refractivity contribution in [2.45, 2.75) is 39.1 Å². The van der Waals surface area contributed by atoms with Crippen LogP contribution in [0.3, 0.4) is 0 Å². The van der Waals surface area contributed by atoms with Crippen LogP contribution in [0.2, 0.25) is 0 Å². The minimum atomic E-state index is -0.281. The van der Waals surface area contributed by atoms with Crippen molar-refractivity contribution in [1.82, 2.24) is 55.2 Å². The topological polar surface area (TPSA) is 224 Å². The molecule has 1 radical (unpaired) electrons. The molecule has 15 nitrogen and oxygen atoms in total. The summed E-state index contributed by atoms with van der Waals surface area (Å²) in [5.41, 5.74) is 7.01. The van der Waals surface area contributed by atoms with Crippen molar-refractivity contribution >= 4 is 50.0 Å². The van der Waals surface area contributed by atoms with E-state index in [0.717, 1.165) is 25.0 Å². The monoisotopic (exact) mass is 830 g/mol. The van der Waals surface area contributed by atoms with Crippen molar-refractivity contribution < 1.29 is 37.2 Å². The van der Waals surface area contributed by atoms with Gasteiger partial charge >= 0.3 is 17.1 Å². The Kier molecular flexibility index (Phi) is 10.0. The normalized spacial score (nSPS) is 11.7. The molecule has 0 fully saturated rings. The second kappa shape index (κ2) is 15.6. The van der Waals surface area contributed by atoms with Crippen LogP contribution in [0.5, 0.6) is 0 Å². The predicted molar refractivity (Wildman–Crippen MR) is 216 cm³/mol. The van der Waals surface area contributed by atoms with E-state index in [9.17, 15) is 20.1 Å². The van der Waals surface area contributed by atoms with Crippen LogP contribution < -0.4 is 15.3 Å². The first-order chi connectivity index (χ1) is 28.5. The molecule has 4 aromatic heterocycles. The fraction of sp³-hybridized carbons (Fsp3) is 0.163. The van der Waals surface area contributed by atoms with E-state index < -0.39 is 0 Å². The summed E-state index contributed by atoms with van der Waals surface area (Å²) >= 11 is 0. The van der Waals surface area contributed by atoms with Crippen LogP contribution in [-0.2, 0) is 43.3 Å². The molecule has 0 atom stereocenters. The van der Waals surface area contributed by atoms with Crippen LogP contribution in [0, 0.1) is 0 Å². The molecule has 2 aliphatic heterocycles. The SMILES string of the molecule is O=C(NCCCCc1c[nH]cn1)c1cccc2c1-c1nc-2nc2[n-]c(nc3nc(nc4[n-]c(n1)c1ccc(CO)cc41)-c1cc(CO)ccc1-3)c1cc(CO)ccc21.[Cu+2]. The Morgan fingerprint density at radius 2 is 1.19 bits per heavy atom. The zero-order chi connectivity index (χ0) is 39.3. The van der Waals surface area contributed by atoms with Crippen LogP contribution in [0.15, 0.2) is 85.3 Å². The van der Waals surface area contributed by atoms with Gasteiger partial charge in [0.05, 0.1) is 55.1 Å². The Bertz CT molecular complexity index is 3110. The number of benzene rings is 4. The number of aliphatic hydroxyl groups is 3. The number of nitrogens with one attached hydrogen (secondary N) is 2. The Hall–Kier alpha value is -6.68. The third-order valence-corrected chi connectivity index (χ3v) is 10.4. The average Bonchev–Trinajstić information content (AvgIpc) is 4.09. The number of aryl methyl sites for hydroxylation is 1. The Morgan fingerprint density at radius 3 is 1.83 bits per heavy atom. The van der Waals surface area contributed by atoms with Crippen LogP contribution in [0.1, 0.15) is 45.6 Å². The number of aliphatic hydroxyl groups excluding tert-OH is 3. The number of carbonyl (C=O) groups excluding carboxylic acids is 1. The number of H-pyrrole nitrogens is 1. The number of nitrogens with zero attached hydrogens (tertiary/aromatic N) is 9. The van der Waals surface area contributed by atoms with E-state index in [-0.39, 0.29) is 48.6 Å². The van der Waals surface area contributed by atoms with E-state index in [2.05, 4.69) is 15.3 Å². The zero-order valence-electron chi connectivity index (χ0n) is 31.1. The molecule has 295 valence electrons. The maximum Gasteiger partial charge on any atom is 2.00 e. The van der Waals surface area contributed by atoms with E-state index in [1.165, 1.54) is 0 Å². The fourth-order valence-electron chi connectivity index (χ4n) is 7.49. The van der Waals surface area contributed by atoms with Crippen LogP contribution in [0.4, 0.5) is 0 Å². The van der Waals surface area contributed by atoms with Crippen molar-refractivity contribution in [3.63, 3.8) is 0 Å². The van der Waals surface area contributed by atoms with Gasteiger partial charge in [-0.15, -0.1) is 0 Å². The summed E-state index contributed by atoms with van der Waals surface area (Å²) in [5, 5.41) is 35.9. The summed E-state index contributed by atoms with van der Waals surface area (Å²) in [6.45, 7) is -0.115. The molecule has 8 bridgehead atoms. The quantitative estimate of drug-likeness (QED) is 0.0947. The largest absolute Gasteiger partial charge is 2.00 e. The number of carbonyl (C=O) groups is 1. The molecule has 0 saturated heterocycles. The number of aromatic amines is 1. The molecule has 5 N–H and O–H groups in total. The molecule has 59 heavy (non-hydrogen) atoms. The molecule has 0 spiro atoms. The maximum absolute atomic E-state index is 13.9. The first-order valence-electron chi connectivity index (χ1n) is 18.8. The van der Waals surface area contributed by atoms with Gasteiger partial charge in [0.25, 0.3) is 5.91 Å². The summed E-state index contributed by atoms with van der Waals surface area (Å²) < 4.78 is 0. The van der Waals surface area contributed by atoms with Crippen molar-refractivity contribution in [1.29, 1.82) is 0 Å². The Labute approximate surface area is 345 Å². The number of fused-ring (bicyclic) bond motifs is 20. The summed E-state index contributed by atoms with van der Waals surface area (Å²) in [6, 6.07) is 21.8. The van der Waals surface area contributed by atoms with Gasteiger partial charge < -0.3 is 55.5 Å². The molecule has 0 saturated carbocycles. The molecule has 6 heterocycles. The number of hydrogen-bond donors (Lipinski definition) is 5. The van der Waals surface area contributed by atoms with Crippen molar-refractivity contribution in [3.8, 4) is 45.6 Å². The molecule has 8 aromatic rings. The van der Waals surface area contributed by atoms with Gasteiger partial charge in [-0.05, 0) is 81.8 Å². The average molecular weight is 831 g/mol. The summed E-state index contributed by atoms with van der Waals surface area (Å²) in [6.07, 6.45) is 5.94. The van der Waals surface area contributed by atoms with Gasteiger partial charge in [0.15, 0.2) is 0 Å². The van der Waals surface area contributed by atoms with E-state index in [0.29, 0.717) is 113 Å². The molecule has 10 rings (SSSR count). The molecule has 0 aliphatic carbocycles. The summed E-state index contributed by atoms with van der Waals surface area (Å²) in [4.78, 5) is 60.8. The summed E-state index contributed by atoms with van der Waals surface area (Å²) in [7, 11) is 0. The van der Waals surface area contributed by atoms with Crippen LogP contribution in [-0.4, -0.2) is 67.6 Å². The van der Waals surface area contributed by atoms with E-state index in [1.54, 1.807) is 36.7 Å². The molecular formula is C43H33CuN11O4. The first kappa shape index (κ1) is 37.9. The summed E-state index contributed by atoms with van der Waals surface area (Å²) in [5.74, 6) is 0.911. The first-order valence-corrected chi connectivity index (χ1v) is 18.8. The second-order valence-corrected chi connectivity index (χ2v) is 14.1. The Morgan fingerprint density at radius 1 is 0.610 bits per heavy atom. The van der Waals surface area contributed by atoms with Crippen molar-refractivity contribution in [2.24, 2.45) is 0 Å². The molecular weight excluding hydrogens is 798 g/mol. The fourth-order valence-corrected chi connectivity index (χ4v) is 7.49. The number of amides is 1. The molecule has 2 aliphatic rings. The number of hydrogen-bond acceptors (Lipinski definition) is 11. The smallest absolute Gasteiger partial charge is 0.392 e. The van der Waals surface area contributed by atoms with Crippen LogP contribution in [0.25, 0.3) is 89.7 Å². The third kappa shape index (κ3) is 6.82. The minimum Gasteiger partial charge on any atom is -0.392 e. The molecule has 0 unspecified atom stereocenters. The van der Waals surface area contributed by atoms with Gasteiger partial charge in [-0.25, -0.2) is 15.0 Å². The van der Waals surface area contributed by atoms with E-state index in [4.69, 9.17) is 39.9 Å². The van der Waals surface area contributed by atoms with Gasteiger partial charge in [0.2, 0.25) is 0 Å². The second-order valence-electron chi connectivity index (χ2n) is 14.1. The van der Waals surface area contributed by atoms with E-state index >= 15 is 0 Å².